The van der Waals surface area contributed by atoms with Gasteiger partial charge in [-0.2, -0.15) is 5.10 Å². The summed E-state index contributed by atoms with van der Waals surface area (Å²) in [6.45, 7) is 4.86. The van der Waals surface area contributed by atoms with Crippen molar-refractivity contribution in [1.82, 2.24) is 24.6 Å². The Bertz CT molecular complexity index is 762. The van der Waals surface area contributed by atoms with Crippen molar-refractivity contribution in [3.63, 3.8) is 0 Å². The SMILES string of the molecule is Cc1nc2c(c(=O)[nH]1)CC[C@@H]1CN(Cc3ccnn3C)C[C@H]21. The molecule has 1 aliphatic heterocycles. The molecule has 4 rings (SSSR count). The second-order valence-corrected chi connectivity index (χ2v) is 6.56. The van der Waals surface area contributed by atoms with Gasteiger partial charge >= 0.3 is 0 Å². The topological polar surface area (TPSA) is 66.8 Å². The van der Waals surface area contributed by atoms with E-state index < -0.39 is 0 Å². The predicted molar refractivity (Wildman–Crippen MR) is 82.6 cm³/mol. The fourth-order valence-electron chi connectivity index (χ4n) is 3.99. The van der Waals surface area contributed by atoms with Gasteiger partial charge in [0.15, 0.2) is 0 Å². The third-order valence-electron chi connectivity index (χ3n) is 5.11. The lowest BCUT2D eigenvalue weighted by atomic mass is 9.80. The van der Waals surface area contributed by atoms with E-state index in [4.69, 9.17) is 0 Å². The summed E-state index contributed by atoms with van der Waals surface area (Å²) in [5, 5.41) is 4.24. The van der Waals surface area contributed by atoms with Gasteiger partial charge in [0.05, 0.1) is 11.4 Å². The molecule has 6 heteroatoms. The third-order valence-corrected chi connectivity index (χ3v) is 5.11. The highest BCUT2D eigenvalue weighted by molar-refractivity contribution is 5.27. The van der Waals surface area contributed by atoms with Crippen molar-refractivity contribution in [2.45, 2.75) is 32.2 Å². The molecule has 2 aromatic rings. The van der Waals surface area contributed by atoms with Crippen LogP contribution in [0, 0.1) is 12.8 Å². The van der Waals surface area contributed by atoms with E-state index in [1.165, 1.54) is 5.69 Å². The first-order chi connectivity index (χ1) is 10.6. The van der Waals surface area contributed by atoms with Gasteiger partial charge in [-0.3, -0.25) is 14.4 Å². The van der Waals surface area contributed by atoms with Crippen LogP contribution >= 0.6 is 0 Å². The zero-order valence-electron chi connectivity index (χ0n) is 13.0. The summed E-state index contributed by atoms with van der Waals surface area (Å²) in [5.74, 6) is 1.75. The first kappa shape index (κ1) is 13.7. The van der Waals surface area contributed by atoms with E-state index in [0.29, 0.717) is 11.8 Å². The summed E-state index contributed by atoms with van der Waals surface area (Å²) in [6, 6.07) is 2.07. The first-order valence-electron chi connectivity index (χ1n) is 7.90. The van der Waals surface area contributed by atoms with Crippen LogP contribution in [-0.4, -0.2) is 37.7 Å². The lowest BCUT2D eigenvalue weighted by Crippen LogP contribution is -2.28. The van der Waals surface area contributed by atoms with Crippen molar-refractivity contribution >= 4 is 0 Å². The molecule has 0 saturated carbocycles. The number of nitrogens with one attached hydrogen (secondary N) is 1. The van der Waals surface area contributed by atoms with E-state index in [1.807, 2.05) is 24.9 Å². The number of likely N-dealkylation sites (tertiary alicyclic amines) is 1. The Kier molecular flexibility index (Phi) is 3.14. The first-order valence-corrected chi connectivity index (χ1v) is 7.90. The maximum Gasteiger partial charge on any atom is 0.254 e. The Morgan fingerprint density at radius 3 is 3.05 bits per heavy atom. The highest BCUT2D eigenvalue weighted by Crippen LogP contribution is 2.39. The van der Waals surface area contributed by atoms with E-state index in [-0.39, 0.29) is 5.56 Å². The average molecular weight is 299 g/mol. The fourth-order valence-corrected chi connectivity index (χ4v) is 3.99. The zero-order chi connectivity index (χ0) is 15.3. The van der Waals surface area contributed by atoms with Gasteiger partial charge in [-0.1, -0.05) is 0 Å². The normalized spacial score (nSPS) is 24.3. The minimum atomic E-state index is 0.0611. The van der Waals surface area contributed by atoms with Crippen molar-refractivity contribution in [2.24, 2.45) is 13.0 Å². The van der Waals surface area contributed by atoms with Crippen LogP contribution in [0.1, 0.15) is 35.1 Å². The lowest BCUT2D eigenvalue weighted by Gasteiger charge is -2.25. The van der Waals surface area contributed by atoms with Gasteiger partial charge in [0, 0.05) is 44.4 Å². The second kappa shape index (κ2) is 5.05. The summed E-state index contributed by atoms with van der Waals surface area (Å²) < 4.78 is 1.93. The molecule has 0 unspecified atom stereocenters. The molecule has 0 radical (unpaired) electrons. The minimum absolute atomic E-state index is 0.0611. The number of rotatable bonds is 2. The Morgan fingerprint density at radius 1 is 1.41 bits per heavy atom. The molecule has 0 amide bonds. The maximum atomic E-state index is 12.1. The van der Waals surface area contributed by atoms with Gasteiger partial charge in [0.1, 0.15) is 5.82 Å². The Labute approximate surface area is 129 Å². The third kappa shape index (κ3) is 2.18. The van der Waals surface area contributed by atoms with Gasteiger partial charge < -0.3 is 4.98 Å². The quantitative estimate of drug-likeness (QED) is 0.897. The molecule has 3 heterocycles. The molecule has 1 fully saturated rings. The van der Waals surface area contributed by atoms with Crippen LogP contribution in [0.4, 0.5) is 0 Å². The molecule has 6 nitrogen and oxygen atoms in total. The average Bonchev–Trinajstić information content (AvgIpc) is 3.05. The Hall–Kier alpha value is -1.95. The summed E-state index contributed by atoms with van der Waals surface area (Å²) in [4.78, 5) is 22.1. The molecule has 0 aromatic carbocycles. The molecule has 0 spiro atoms. The van der Waals surface area contributed by atoms with Gasteiger partial charge in [-0.15, -0.1) is 0 Å². The van der Waals surface area contributed by atoms with Crippen LogP contribution in [0.2, 0.25) is 0 Å². The van der Waals surface area contributed by atoms with Crippen LogP contribution in [0.15, 0.2) is 17.1 Å². The number of H-pyrrole nitrogens is 1. The molecule has 1 N–H and O–H groups in total. The van der Waals surface area contributed by atoms with Crippen LogP contribution < -0.4 is 5.56 Å². The van der Waals surface area contributed by atoms with Gasteiger partial charge in [-0.05, 0) is 31.7 Å². The van der Waals surface area contributed by atoms with E-state index in [0.717, 1.165) is 49.6 Å². The van der Waals surface area contributed by atoms with Crippen molar-refractivity contribution in [1.29, 1.82) is 0 Å². The molecule has 0 bridgehead atoms. The number of aryl methyl sites for hydroxylation is 2. The summed E-state index contributed by atoms with van der Waals surface area (Å²) >= 11 is 0. The van der Waals surface area contributed by atoms with Crippen LogP contribution in [0.5, 0.6) is 0 Å². The summed E-state index contributed by atoms with van der Waals surface area (Å²) in [7, 11) is 1.98. The van der Waals surface area contributed by atoms with Crippen molar-refractivity contribution in [3.05, 3.63) is 45.4 Å². The van der Waals surface area contributed by atoms with E-state index >= 15 is 0 Å². The van der Waals surface area contributed by atoms with E-state index in [1.54, 1.807) is 0 Å². The van der Waals surface area contributed by atoms with Gasteiger partial charge in [-0.25, -0.2) is 4.98 Å². The molecule has 116 valence electrons. The Balaban J connectivity index is 1.60. The molecule has 2 aliphatic rings. The number of hydrogen-bond acceptors (Lipinski definition) is 4. The summed E-state index contributed by atoms with van der Waals surface area (Å²) in [6.07, 6.45) is 3.80. The molecular formula is C16H21N5O. The molecule has 2 aromatic heterocycles. The Morgan fingerprint density at radius 2 is 2.27 bits per heavy atom. The van der Waals surface area contributed by atoms with Crippen LogP contribution in [-0.2, 0) is 20.0 Å². The second-order valence-electron chi connectivity index (χ2n) is 6.56. The van der Waals surface area contributed by atoms with Crippen molar-refractivity contribution in [3.8, 4) is 0 Å². The standard InChI is InChI=1S/C16H21N5O/c1-10-18-15-13(16(22)19-10)4-3-11-7-21(9-14(11)15)8-12-5-6-17-20(12)2/h5-6,11,14H,3-4,7-9H2,1-2H3,(H,18,19,22)/t11-,14+/m1/s1. The van der Waals surface area contributed by atoms with Gasteiger partial charge in [0.2, 0.25) is 0 Å². The lowest BCUT2D eigenvalue weighted by molar-refractivity contribution is 0.305. The highest BCUT2D eigenvalue weighted by atomic mass is 16.1. The number of aromatic amines is 1. The van der Waals surface area contributed by atoms with E-state index in [2.05, 4.69) is 26.0 Å². The number of nitrogens with zero attached hydrogens (tertiary/aromatic N) is 4. The predicted octanol–water partition coefficient (Wildman–Crippen LogP) is 0.974. The largest absolute Gasteiger partial charge is 0.311 e. The minimum Gasteiger partial charge on any atom is -0.311 e. The monoisotopic (exact) mass is 299 g/mol. The van der Waals surface area contributed by atoms with Gasteiger partial charge in [0.25, 0.3) is 5.56 Å². The fraction of sp³-hybridized carbons (Fsp3) is 0.562. The maximum absolute atomic E-state index is 12.1. The van der Waals surface area contributed by atoms with Crippen LogP contribution in [0.3, 0.4) is 0 Å². The van der Waals surface area contributed by atoms with E-state index in [9.17, 15) is 4.79 Å². The molecule has 22 heavy (non-hydrogen) atoms. The number of hydrogen-bond donors (Lipinski definition) is 1. The highest BCUT2D eigenvalue weighted by Gasteiger charge is 2.39. The molecule has 2 atom stereocenters. The van der Waals surface area contributed by atoms with Crippen molar-refractivity contribution < 1.29 is 0 Å². The zero-order valence-corrected chi connectivity index (χ0v) is 13.0. The number of aromatic nitrogens is 4. The summed E-state index contributed by atoms with van der Waals surface area (Å²) in [5.41, 5.74) is 3.25. The smallest absolute Gasteiger partial charge is 0.254 e. The molecule has 1 saturated heterocycles. The van der Waals surface area contributed by atoms with Crippen molar-refractivity contribution in [2.75, 3.05) is 13.1 Å². The molecular weight excluding hydrogens is 278 g/mol. The number of fused-ring (bicyclic) bond motifs is 3. The van der Waals surface area contributed by atoms with Crippen LogP contribution in [0.25, 0.3) is 0 Å². The molecule has 1 aliphatic carbocycles.